The molecule has 1 amide bonds. The lowest BCUT2D eigenvalue weighted by molar-refractivity contribution is 0.0953. The molecule has 112 valence electrons. The summed E-state index contributed by atoms with van der Waals surface area (Å²) < 4.78 is 0. The Hall–Kier alpha value is -1.55. The summed E-state index contributed by atoms with van der Waals surface area (Å²) in [4.78, 5) is 12.1. The first-order valence-electron chi connectivity index (χ1n) is 7.26. The minimum atomic E-state index is -0.0152. The molecule has 0 bridgehead atoms. The number of nitrogens with one attached hydrogen (secondary N) is 3. The van der Waals surface area contributed by atoms with Crippen molar-refractivity contribution in [1.29, 1.82) is 0 Å². The summed E-state index contributed by atoms with van der Waals surface area (Å²) in [7, 11) is 1.87. The average molecular weight is 277 g/mol. The number of hydrogen-bond donors (Lipinski definition) is 3. The Balaban J connectivity index is 2.81. The quantitative estimate of drug-likeness (QED) is 0.671. The van der Waals surface area contributed by atoms with E-state index in [-0.39, 0.29) is 5.91 Å². The van der Waals surface area contributed by atoms with Crippen LogP contribution >= 0.6 is 0 Å². The summed E-state index contributed by atoms with van der Waals surface area (Å²) >= 11 is 0. The van der Waals surface area contributed by atoms with Gasteiger partial charge in [-0.05, 0) is 44.5 Å². The highest BCUT2D eigenvalue weighted by Gasteiger charge is 2.13. The fourth-order valence-corrected chi connectivity index (χ4v) is 1.85. The number of rotatable bonds is 7. The van der Waals surface area contributed by atoms with Gasteiger partial charge in [-0.25, -0.2) is 0 Å². The van der Waals surface area contributed by atoms with Gasteiger partial charge in [-0.1, -0.05) is 19.9 Å². The monoisotopic (exact) mass is 277 g/mol. The van der Waals surface area contributed by atoms with Crippen LogP contribution in [0.1, 0.15) is 36.7 Å². The third-order valence-corrected chi connectivity index (χ3v) is 3.62. The number of benzene rings is 1. The molecule has 1 aromatic carbocycles. The van der Waals surface area contributed by atoms with Crippen LogP contribution in [0.2, 0.25) is 0 Å². The summed E-state index contributed by atoms with van der Waals surface area (Å²) in [5, 5.41) is 9.41. The standard InChI is InChI=1S/C16H27N3O/c1-11(2)13(4)19-15-8-6-7-14(12(15)3)16(20)18-10-9-17-5/h6-8,11,13,17,19H,9-10H2,1-5H3,(H,18,20). The van der Waals surface area contributed by atoms with Gasteiger partial charge >= 0.3 is 0 Å². The first kappa shape index (κ1) is 16.5. The van der Waals surface area contributed by atoms with Crippen molar-refractivity contribution in [2.24, 2.45) is 5.92 Å². The molecule has 0 aromatic heterocycles. The molecule has 1 aromatic rings. The molecule has 0 spiro atoms. The Labute approximate surface area is 122 Å². The van der Waals surface area contributed by atoms with Crippen LogP contribution in [0.3, 0.4) is 0 Å². The molecule has 0 fully saturated rings. The number of hydrogen-bond acceptors (Lipinski definition) is 3. The van der Waals surface area contributed by atoms with Gasteiger partial charge in [0.1, 0.15) is 0 Å². The van der Waals surface area contributed by atoms with Crippen molar-refractivity contribution in [3.8, 4) is 0 Å². The van der Waals surface area contributed by atoms with Crippen LogP contribution in [-0.4, -0.2) is 32.1 Å². The normalized spacial score (nSPS) is 12.3. The molecule has 0 aliphatic carbocycles. The topological polar surface area (TPSA) is 53.2 Å². The lowest BCUT2D eigenvalue weighted by Crippen LogP contribution is -2.31. The SMILES string of the molecule is CNCCNC(=O)c1cccc(NC(C)C(C)C)c1C. The highest BCUT2D eigenvalue weighted by atomic mass is 16.1. The second-order valence-electron chi connectivity index (χ2n) is 5.51. The second-order valence-corrected chi connectivity index (χ2v) is 5.51. The van der Waals surface area contributed by atoms with Crippen molar-refractivity contribution in [2.75, 3.05) is 25.5 Å². The Morgan fingerprint density at radius 2 is 1.90 bits per heavy atom. The van der Waals surface area contributed by atoms with Gasteiger partial charge in [0.2, 0.25) is 0 Å². The fraction of sp³-hybridized carbons (Fsp3) is 0.562. The van der Waals surface area contributed by atoms with Crippen molar-refractivity contribution in [2.45, 2.75) is 33.7 Å². The first-order valence-corrected chi connectivity index (χ1v) is 7.26. The van der Waals surface area contributed by atoms with Gasteiger partial charge in [0.25, 0.3) is 5.91 Å². The maximum absolute atomic E-state index is 12.1. The van der Waals surface area contributed by atoms with E-state index in [0.29, 0.717) is 18.5 Å². The van der Waals surface area contributed by atoms with E-state index >= 15 is 0 Å². The van der Waals surface area contributed by atoms with Crippen LogP contribution in [0.5, 0.6) is 0 Å². The van der Waals surface area contributed by atoms with Gasteiger partial charge in [-0.2, -0.15) is 0 Å². The number of anilines is 1. The van der Waals surface area contributed by atoms with E-state index in [4.69, 9.17) is 0 Å². The van der Waals surface area contributed by atoms with Gasteiger partial charge in [0.15, 0.2) is 0 Å². The maximum Gasteiger partial charge on any atom is 0.251 e. The molecule has 3 N–H and O–H groups in total. The molecular formula is C16H27N3O. The van der Waals surface area contributed by atoms with Gasteiger partial charge < -0.3 is 16.0 Å². The minimum Gasteiger partial charge on any atom is -0.382 e. The summed E-state index contributed by atoms with van der Waals surface area (Å²) in [5.74, 6) is 0.529. The summed E-state index contributed by atoms with van der Waals surface area (Å²) in [5.41, 5.74) is 2.77. The third-order valence-electron chi connectivity index (χ3n) is 3.62. The van der Waals surface area contributed by atoms with Gasteiger partial charge in [0, 0.05) is 30.4 Å². The molecule has 0 aliphatic heterocycles. The van der Waals surface area contributed by atoms with E-state index in [1.165, 1.54) is 0 Å². The van der Waals surface area contributed by atoms with E-state index in [1.807, 2.05) is 32.2 Å². The van der Waals surface area contributed by atoms with Crippen molar-refractivity contribution in [1.82, 2.24) is 10.6 Å². The van der Waals surface area contributed by atoms with Crippen LogP contribution in [0.15, 0.2) is 18.2 Å². The molecular weight excluding hydrogens is 250 g/mol. The molecule has 1 unspecified atom stereocenters. The van der Waals surface area contributed by atoms with E-state index in [9.17, 15) is 4.79 Å². The minimum absolute atomic E-state index is 0.0152. The zero-order valence-electron chi connectivity index (χ0n) is 13.2. The van der Waals surface area contributed by atoms with Crippen molar-refractivity contribution < 1.29 is 4.79 Å². The third kappa shape index (κ3) is 4.53. The zero-order chi connectivity index (χ0) is 15.1. The molecule has 4 nitrogen and oxygen atoms in total. The Morgan fingerprint density at radius 3 is 2.50 bits per heavy atom. The molecule has 0 saturated carbocycles. The van der Waals surface area contributed by atoms with E-state index in [0.717, 1.165) is 23.4 Å². The predicted octanol–water partition coefficient (Wildman–Crippen LogP) is 2.40. The van der Waals surface area contributed by atoms with Crippen LogP contribution in [0.25, 0.3) is 0 Å². The first-order chi connectivity index (χ1) is 9.47. The average Bonchev–Trinajstić information content (AvgIpc) is 2.41. The molecule has 0 saturated heterocycles. The second kappa shape index (κ2) is 7.90. The van der Waals surface area contributed by atoms with Crippen molar-refractivity contribution in [3.05, 3.63) is 29.3 Å². The number of carbonyl (C=O) groups is 1. The molecule has 0 radical (unpaired) electrons. The van der Waals surface area contributed by atoms with Gasteiger partial charge in [-0.3, -0.25) is 4.79 Å². The lowest BCUT2D eigenvalue weighted by Gasteiger charge is -2.21. The molecule has 0 heterocycles. The number of likely N-dealkylation sites (N-methyl/N-ethyl adjacent to an activating group) is 1. The van der Waals surface area contributed by atoms with E-state index in [2.05, 4.69) is 36.7 Å². The highest BCUT2D eigenvalue weighted by Crippen LogP contribution is 2.21. The van der Waals surface area contributed by atoms with Crippen LogP contribution in [0, 0.1) is 12.8 Å². The Morgan fingerprint density at radius 1 is 1.20 bits per heavy atom. The van der Waals surface area contributed by atoms with Crippen LogP contribution < -0.4 is 16.0 Å². The highest BCUT2D eigenvalue weighted by molar-refractivity contribution is 5.97. The van der Waals surface area contributed by atoms with E-state index in [1.54, 1.807) is 0 Å². The van der Waals surface area contributed by atoms with Gasteiger partial charge in [-0.15, -0.1) is 0 Å². The molecule has 1 rings (SSSR count). The Bertz CT molecular complexity index is 443. The van der Waals surface area contributed by atoms with Crippen molar-refractivity contribution in [3.63, 3.8) is 0 Å². The van der Waals surface area contributed by atoms with Crippen LogP contribution in [-0.2, 0) is 0 Å². The molecule has 0 aliphatic rings. The lowest BCUT2D eigenvalue weighted by atomic mass is 10.0. The van der Waals surface area contributed by atoms with Crippen molar-refractivity contribution >= 4 is 11.6 Å². The zero-order valence-corrected chi connectivity index (χ0v) is 13.2. The fourth-order valence-electron chi connectivity index (χ4n) is 1.85. The molecule has 4 heteroatoms. The summed E-state index contributed by atoms with van der Waals surface area (Å²) in [6, 6.07) is 6.19. The number of carbonyl (C=O) groups excluding carboxylic acids is 1. The maximum atomic E-state index is 12.1. The van der Waals surface area contributed by atoms with Crippen LogP contribution in [0.4, 0.5) is 5.69 Å². The smallest absolute Gasteiger partial charge is 0.251 e. The number of amides is 1. The summed E-state index contributed by atoms with van der Waals surface area (Å²) in [6.45, 7) is 9.91. The predicted molar refractivity (Wildman–Crippen MR) is 85.4 cm³/mol. The van der Waals surface area contributed by atoms with Gasteiger partial charge in [0.05, 0.1) is 0 Å². The molecule has 20 heavy (non-hydrogen) atoms. The summed E-state index contributed by atoms with van der Waals surface area (Å²) in [6.07, 6.45) is 0. The van der Waals surface area contributed by atoms with E-state index < -0.39 is 0 Å². The molecule has 1 atom stereocenters. The largest absolute Gasteiger partial charge is 0.382 e. The Kier molecular flexibility index (Phi) is 6.52.